The second kappa shape index (κ2) is 13.1. The fourth-order valence-electron chi connectivity index (χ4n) is 4.74. The van der Waals surface area contributed by atoms with Gasteiger partial charge in [0.15, 0.2) is 0 Å². The fourth-order valence-corrected chi connectivity index (χ4v) is 6.71. The Kier molecular flexibility index (Phi) is 9.43. The van der Waals surface area contributed by atoms with E-state index in [4.69, 9.17) is 27.9 Å². The Morgan fingerprint density at radius 2 is 1.67 bits per heavy atom. The molecule has 4 aromatic rings. The Morgan fingerprint density at radius 1 is 0.953 bits per heavy atom. The molecule has 8 nitrogen and oxygen atoms in total. The van der Waals surface area contributed by atoms with Crippen LogP contribution in [0.5, 0.6) is 5.75 Å². The molecule has 4 aromatic carbocycles. The smallest absolute Gasteiger partial charge is 0.258 e. The molecule has 0 aliphatic carbocycles. The summed E-state index contributed by atoms with van der Waals surface area (Å²) in [5, 5.41) is 3.41. The number of hydrogen-bond acceptors (Lipinski definition) is 5. The highest BCUT2D eigenvalue weighted by Crippen LogP contribution is 2.33. The molecule has 1 aliphatic rings. The maximum atomic E-state index is 13.7. The van der Waals surface area contributed by atoms with E-state index in [1.54, 1.807) is 78.7 Å². The number of halogens is 3. The van der Waals surface area contributed by atoms with Gasteiger partial charge < -0.3 is 15.0 Å². The Balaban J connectivity index is 1.37. The van der Waals surface area contributed by atoms with Gasteiger partial charge in [0.05, 0.1) is 28.6 Å². The van der Waals surface area contributed by atoms with Crippen molar-refractivity contribution < 1.29 is 22.7 Å². The van der Waals surface area contributed by atoms with Crippen molar-refractivity contribution in [1.82, 2.24) is 4.31 Å². The Hall–Kier alpha value is -3.41. The van der Waals surface area contributed by atoms with Gasteiger partial charge >= 0.3 is 0 Å². The first-order valence-corrected chi connectivity index (χ1v) is 16.1. The summed E-state index contributed by atoms with van der Waals surface area (Å²) in [6.45, 7) is -0.0816. The highest BCUT2D eigenvalue weighted by Gasteiger charge is 2.29. The number of carbonyl (C=O) groups excluding carboxylic acids is 2. The van der Waals surface area contributed by atoms with E-state index in [9.17, 15) is 18.0 Å². The minimum atomic E-state index is -4.08. The summed E-state index contributed by atoms with van der Waals surface area (Å²) in [6.07, 6.45) is 0.675. The summed E-state index contributed by atoms with van der Waals surface area (Å²) in [4.78, 5) is 28.3. The number of methoxy groups -OCH3 is 1. The predicted octanol–water partition coefficient (Wildman–Crippen LogP) is 6.80. The molecule has 1 N–H and O–H groups in total. The van der Waals surface area contributed by atoms with Crippen LogP contribution in [0.2, 0.25) is 10.0 Å². The van der Waals surface area contributed by atoms with Crippen LogP contribution in [0.3, 0.4) is 0 Å². The summed E-state index contributed by atoms with van der Waals surface area (Å²) in [6, 6.07) is 23.2. The van der Waals surface area contributed by atoms with Gasteiger partial charge in [0.25, 0.3) is 5.91 Å². The molecule has 12 heteroatoms. The van der Waals surface area contributed by atoms with Crippen molar-refractivity contribution in [2.75, 3.05) is 30.4 Å². The van der Waals surface area contributed by atoms with Crippen LogP contribution >= 0.6 is 39.1 Å². The van der Waals surface area contributed by atoms with Gasteiger partial charge in [-0.1, -0.05) is 51.3 Å². The lowest BCUT2D eigenvalue weighted by atomic mass is 10.1. The molecule has 0 saturated heterocycles. The van der Waals surface area contributed by atoms with Crippen molar-refractivity contribution in [2.45, 2.75) is 17.9 Å². The number of nitrogens with zero attached hydrogens (tertiary/aromatic N) is 2. The van der Waals surface area contributed by atoms with Gasteiger partial charge in [-0.15, -0.1) is 0 Å². The molecule has 0 fully saturated rings. The van der Waals surface area contributed by atoms with Crippen molar-refractivity contribution >= 4 is 72.3 Å². The number of hydrogen-bond donors (Lipinski definition) is 1. The number of nitrogens with one attached hydrogen (secondary N) is 1. The van der Waals surface area contributed by atoms with Crippen LogP contribution in [0.25, 0.3) is 0 Å². The molecule has 2 amide bonds. The minimum absolute atomic E-state index is 0.0359. The lowest BCUT2D eigenvalue weighted by molar-refractivity contribution is -0.116. The molecule has 0 radical (unpaired) electrons. The van der Waals surface area contributed by atoms with E-state index in [0.29, 0.717) is 46.2 Å². The molecule has 0 saturated carbocycles. The third-order valence-electron chi connectivity index (χ3n) is 6.96. The summed E-state index contributed by atoms with van der Waals surface area (Å²) in [5.41, 5.74) is 3.17. The average molecular weight is 703 g/mol. The lowest BCUT2D eigenvalue weighted by Crippen LogP contribution is -2.37. The summed E-state index contributed by atoms with van der Waals surface area (Å²) < 4.78 is 34.3. The number of ether oxygens (including phenoxy) is 1. The van der Waals surface area contributed by atoms with Gasteiger partial charge in [-0.3, -0.25) is 9.59 Å². The molecule has 43 heavy (non-hydrogen) atoms. The summed E-state index contributed by atoms with van der Waals surface area (Å²) in [7, 11) is -2.52. The number of anilines is 2. The van der Waals surface area contributed by atoms with Crippen molar-refractivity contribution in [3.8, 4) is 5.75 Å². The maximum Gasteiger partial charge on any atom is 0.258 e. The van der Waals surface area contributed by atoms with Crippen LogP contribution in [0.1, 0.15) is 21.5 Å². The highest BCUT2D eigenvalue weighted by atomic mass is 79.9. The van der Waals surface area contributed by atoms with Crippen LogP contribution in [0, 0.1) is 0 Å². The second-order valence-electron chi connectivity index (χ2n) is 9.80. The molecule has 0 aromatic heterocycles. The second-order valence-corrected chi connectivity index (χ2v) is 13.5. The monoisotopic (exact) mass is 701 g/mol. The topological polar surface area (TPSA) is 96.0 Å². The number of fused-ring (bicyclic) bond motifs is 1. The van der Waals surface area contributed by atoms with Crippen molar-refractivity contribution in [1.29, 1.82) is 0 Å². The molecule has 222 valence electrons. The standard InChI is InChI=1S/C31H26BrCl2N3O5S/c1-42-25-9-4-22(5-10-25)31(39)37-15-14-21-3-8-24(17-29(21)37)35-30(38)19-36(18-20-2-13-27(33)28(34)16-20)43(40,41)26-11-6-23(32)7-12-26/h2-13,16-17H,14-15,18-19H2,1H3,(H,35,38). The summed E-state index contributed by atoms with van der Waals surface area (Å²) >= 11 is 15.5. The SMILES string of the molecule is COc1ccc(C(=O)N2CCc3ccc(NC(=O)CN(Cc4ccc(Cl)c(Cl)c4)S(=O)(=O)c4ccc(Br)cc4)cc32)cc1. The molecule has 1 aliphatic heterocycles. The molecule has 0 unspecified atom stereocenters. The third-order valence-corrected chi connectivity index (χ3v) is 10.0. The van der Waals surface area contributed by atoms with Gasteiger partial charge in [-0.25, -0.2) is 8.42 Å². The van der Waals surface area contributed by atoms with E-state index in [1.807, 2.05) is 6.07 Å². The zero-order valence-electron chi connectivity index (χ0n) is 22.9. The largest absolute Gasteiger partial charge is 0.497 e. The van der Waals surface area contributed by atoms with Gasteiger partial charge in [-0.2, -0.15) is 4.31 Å². The number of benzene rings is 4. The third kappa shape index (κ3) is 7.05. The first-order chi connectivity index (χ1) is 20.5. The van der Waals surface area contributed by atoms with Gasteiger partial charge in [0.1, 0.15) is 5.75 Å². The van der Waals surface area contributed by atoms with Crippen LogP contribution < -0.4 is 15.0 Å². The zero-order valence-corrected chi connectivity index (χ0v) is 26.8. The Labute approximate surface area is 268 Å². The maximum absolute atomic E-state index is 13.7. The van der Waals surface area contributed by atoms with E-state index in [2.05, 4.69) is 21.2 Å². The normalized spacial score (nSPS) is 12.7. The number of sulfonamides is 1. The molecule has 1 heterocycles. The van der Waals surface area contributed by atoms with E-state index in [0.717, 1.165) is 14.3 Å². The molecule has 0 bridgehead atoms. The first-order valence-electron chi connectivity index (χ1n) is 13.1. The average Bonchev–Trinajstić information content (AvgIpc) is 3.42. The van der Waals surface area contributed by atoms with Crippen molar-refractivity contribution in [2.24, 2.45) is 0 Å². The van der Waals surface area contributed by atoms with E-state index in [-0.39, 0.29) is 22.4 Å². The fraction of sp³-hybridized carbons (Fsp3) is 0.161. The van der Waals surface area contributed by atoms with Crippen LogP contribution in [-0.2, 0) is 27.8 Å². The quantitative estimate of drug-likeness (QED) is 0.207. The molecular formula is C31H26BrCl2N3O5S. The van der Waals surface area contributed by atoms with Crippen LogP contribution in [-0.4, -0.2) is 44.7 Å². The van der Waals surface area contributed by atoms with Crippen molar-refractivity contribution in [3.63, 3.8) is 0 Å². The molecular weight excluding hydrogens is 677 g/mol. The van der Waals surface area contributed by atoms with E-state index < -0.39 is 22.5 Å². The van der Waals surface area contributed by atoms with Crippen LogP contribution in [0.4, 0.5) is 11.4 Å². The highest BCUT2D eigenvalue weighted by molar-refractivity contribution is 9.10. The number of carbonyl (C=O) groups is 2. The Morgan fingerprint density at radius 3 is 2.35 bits per heavy atom. The predicted molar refractivity (Wildman–Crippen MR) is 172 cm³/mol. The van der Waals surface area contributed by atoms with E-state index in [1.165, 1.54) is 12.1 Å². The van der Waals surface area contributed by atoms with Gasteiger partial charge in [-0.05, 0) is 90.3 Å². The minimum Gasteiger partial charge on any atom is -0.497 e. The zero-order chi connectivity index (χ0) is 30.7. The van der Waals surface area contributed by atoms with Crippen molar-refractivity contribution in [3.05, 3.63) is 116 Å². The number of rotatable bonds is 9. The van der Waals surface area contributed by atoms with Gasteiger partial charge in [0, 0.05) is 34.5 Å². The molecule has 5 rings (SSSR count). The lowest BCUT2D eigenvalue weighted by Gasteiger charge is -2.23. The summed E-state index contributed by atoms with van der Waals surface area (Å²) in [5.74, 6) is -0.0660. The number of amides is 2. The molecule has 0 spiro atoms. The van der Waals surface area contributed by atoms with Crippen LogP contribution in [0.15, 0.2) is 94.3 Å². The first kappa shape index (κ1) is 31.0. The van der Waals surface area contributed by atoms with E-state index >= 15 is 0 Å². The van der Waals surface area contributed by atoms with Gasteiger partial charge in [0.2, 0.25) is 15.9 Å². The Bertz CT molecular complexity index is 1780. The molecule has 0 atom stereocenters.